The molecule has 4 nitrogen and oxygen atoms in total. The molecule has 0 saturated carbocycles. The molecule has 116 valence electrons. The van der Waals surface area contributed by atoms with E-state index in [4.69, 9.17) is 22.7 Å². The molecule has 0 radical (unpaired) electrons. The highest BCUT2D eigenvalue weighted by Gasteiger charge is 2.19. The van der Waals surface area contributed by atoms with Gasteiger partial charge in [-0.2, -0.15) is 0 Å². The highest BCUT2D eigenvalue weighted by Crippen LogP contribution is 2.17. The molecular formula is C15H28N2O2S. The number of carbonyl (C=O) groups excluding carboxylic acids is 1. The monoisotopic (exact) mass is 300 g/mol. The Bertz CT molecular complexity index is 315. The van der Waals surface area contributed by atoms with Gasteiger partial charge >= 0.3 is 0 Å². The molecule has 0 aromatic heterocycles. The van der Waals surface area contributed by atoms with E-state index in [9.17, 15) is 4.79 Å². The van der Waals surface area contributed by atoms with Crippen molar-refractivity contribution < 1.29 is 9.53 Å². The maximum atomic E-state index is 12.3. The molecule has 1 rings (SSSR count). The lowest BCUT2D eigenvalue weighted by molar-refractivity contribution is -0.132. The van der Waals surface area contributed by atoms with Crippen LogP contribution in [0.15, 0.2) is 0 Å². The van der Waals surface area contributed by atoms with Crippen LogP contribution in [-0.2, 0) is 9.53 Å². The Morgan fingerprint density at radius 1 is 1.40 bits per heavy atom. The number of nitrogens with two attached hydrogens (primary N) is 1. The molecule has 1 heterocycles. The van der Waals surface area contributed by atoms with Gasteiger partial charge in [-0.1, -0.05) is 26.1 Å². The predicted molar refractivity (Wildman–Crippen MR) is 85.6 cm³/mol. The van der Waals surface area contributed by atoms with Crippen molar-refractivity contribution in [2.75, 3.05) is 19.7 Å². The first-order valence-electron chi connectivity index (χ1n) is 7.66. The molecule has 2 N–H and O–H groups in total. The number of hydrogen-bond donors (Lipinski definition) is 1. The lowest BCUT2D eigenvalue weighted by Gasteiger charge is -2.26. The minimum Gasteiger partial charge on any atom is -0.393 e. The Balaban J connectivity index is 2.38. The first-order chi connectivity index (χ1) is 9.49. The summed E-state index contributed by atoms with van der Waals surface area (Å²) in [5.41, 5.74) is 5.54. The Morgan fingerprint density at radius 3 is 2.70 bits per heavy atom. The molecule has 1 amide bonds. The van der Waals surface area contributed by atoms with E-state index in [1.807, 2.05) is 4.90 Å². The molecule has 1 saturated heterocycles. The van der Waals surface area contributed by atoms with E-state index in [0.717, 1.165) is 32.4 Å². The molecule has 0 aromatic carbocycles. The van der Waals surface area contributed by atoms with Gasteiger partial charge in [0, 0.05) is 32.5 Å². The second-order valence-corrected chi connectivity index (χ2v) is 6.50. The zero-order valence-corrected chi connectivity index (χ0v) is 13.6. The van der Waals surface area contributed by atoms with Gasteiger partial charge in [0.2, 0.25) is 5.91 Å². The van der Waals surface area contributed by atoms with Crippen LogP contribution in [0, 0.1) is 5.92 Å². The van der Waals surface area contributed by atoms with E-state index in [-0.39, 0.29) is 12.0 Å². The van der Waals surface area contributed by atoms with E-state index in [0.29, 0.717) is 30.3 Å². The van der Waals surface area contributed by atoms with Crippen LogP contribution in [0.2, 0.25) is 0 Å². The Kier molecular flexibility index (Phi) is 8.07. The lowest BCUT2D eigenvalue weighted by atomic mass is 10.0. The maximum Gasteiger partial charge on any atom is 0.222 e. The van der Waals surface area contributed by atoms with E-state index in [1.54, 1.807) is 0 Å². The number of ether oxygens (including phenoxy) is 1. The summed E-state index contributed by atoms with van der Waals surface area (Å²) in [6.07, 6.45) is 5.73. The summed E-state index contributed by atoms with van der Waals surface area (Å²) in [7, 11) is 0. The highest BCUT2D eigenvalue weighted by molar-refractivity contribution is 7.80. The standard InChI is InChI=1S/C15H28N2O2S/c1-12(2)11-17(9-8-14(16)20)15(18)7-6-13-5-3-4-10-19-13/h12-13H,3-11H2,1-2H3,(H2,16,20). The van der Waals surface area contributed by atoms with Gasteiger partial charge in [0.25, 0.3) is 0 Å². The minimum atomic E-state index is 0.198. The maximum absolute atomic E-state index is 12.3. The van der Waals surface area contributed by atoms with Crippen LogP contribution in [0.25, 0.3) is 0 Å². The highest BCUT2D eigenvalue weighted by atomic mass is 32.1. The third-order valence-electron chi connectivity index (χ3n) is 3.52. The molecule has 1 fully saturated rings. The van der Waals surface area contributed by atoms with Gasteiger partial charge in [0.15, 0.2) is 0 Å². The summed E-state index contributed by atoms with van der Waals surface area (Å²) < 4.78 is 5.68. The second-order valence-electron chi connectivity index (χ2n) is 5.98. The van der Waals surface area contributed by atoms with Crippen LogP contribution >= 0.6 is 12.2 Å². The van der Waals surface area contributed by atoms with E-state index < -0.39 is 0 Å². The lowest BCUT2D eigenvalue weighted by Crippen LogP contribution is -2.37. The molecule has 0 aromatic rings. The fourth-order valence-electron chi connectivity index (χ4n) is 2.48. The summed E-state index contributed by atoms with van der Waals surface area (Å²) in [5, 5.41) is 0. The van der Waals surface area contributed by atoms with Crippen LogP contribution in [0.5, 0.6) is 0 Å². The van der Waals surface area contributed by atoms with Gasteiger partial charge in [-0.25, -0.2) is 0 Å². The van der Waals surface area contributed by atoms with Gasteiger partial charge in [-0.3, -0.25) is 4.79 Å². The van der Waals surface area contributed by atoms with Crippen LogP contribution < -0.4 is 5.73 Å². The molecule has 5 heteroatoms. The van der Waals surface area contributed by atoms with E-state index in [1.165, 1.54) is 6.42 Å². The van der Waals surface area contributed by atoms with Gasteiger partial charge in [0.05, 0.1) is 11.1 Å². The number of amides is 1. The van der Waals surface area contributed by atoms with Crippen molar-refractivity contribution in [1.82, 2.24) is 4.90 Å². The van der Waals surface area contributed by atoms with Gasteiger partial charge in [-0.15, -0.1) is 0 Å². The van der Waals surface area contributed by atoms with Crippen LogP contribution in [0.3, 0.4) is 0 Å². The minimum absolute atomic E-state index is 0.198. The molecule has 1 aliphatic rings. The fraction of sp³-hybridized carbons (Fsp3) is 0.867. The summed E-state index contributed by atoms with van der Waals surface area (Å²) >= 11 is 4.90. The molecule has 1 unspecified atom stereocenters. The molecule has 0 aliphatic carbocycles. The van der Waals surface area contributed by atoms with Crippen molar-refractivity contribution in [3.8, 4) is 0 Å². The average molecular weight is 300 g/mol. The largest absolute Gasteiger partial charge is 0.393 e. The van der Waals surface area contributed by atoms with E-state index in [2.05, 4.69) is 13.8 Å². The SMILES string of the molecule is CC(C)CN(CCC(N)=S)C(=O)CCC1CCCCO1. The third-order valence-corrected chi connectivity index (χ3v) is 3.72. The zero-order chi connectivity index (χ0) is 15.0. The van der Waals surface area contributed by atoms with Crippen molar-refractivity contribution in [3.05, 3.63) is 0 Å². The summed E-state index contributed by atoms with van der Waals surface area (Å²) in [4.78, 5) is 14.7. The van der Waals surface area contributed by atoms with Gasteiger partial charge in [0.1, 0.15) is 0 Å². The van der Waals surface area contributed by atoms with Crippen molar-refractivity contribution >= 4 is 23.1 Å². The molecular weight excluding hydrogens is 272 g/mol. The number of rotatable bonds is 8. The molecule has 0 bridgehead atoms. The predicted octanol–water partition coefficient (Wildman–Crippen LogP) is 2.50. The number of thiocarbonyl (C=S) groups is 1. The summed E-state index contributed by atoms with van der Waals surface area (Å²) in [6.45, 7) is 6.48. The normalized spacial score (nSPS) is 19.1. The summed E-state index contributed by atoms with van der Waals surface area (Å²) in [5.74, 6) is 0.653. The first-order valence-corrected chi connectivity index (χ1v) is 8.07. The van der Waals surface area contributed by atoms with Crippen molar-refractivity contribution in [3.63, 3.8) is 0 Å². The molecule has 1 aliphatic heterocycles. The summed E-state index contributed by atoms with van der Waals surface area (Å²) in [6, 6.07) is 0. The Hall–Kier alpha value is -0.680. The van der Waals surface area contributed by atoms with Crippen molar-refractivity contribution in [2.45, 2.75) is 58.5 Å². The van der Waals surface area contributed by atoms with Crippen molar-refractivity contribution in [2.24, 2.45) is 11.7 Å². The molecule has 20 heavy (non-hydrogen) atoms. The average Bonchev–Trinajstić information content (AvgIpc) is 2.41. The van der Waals surface area contributed by atoms with Crippen LogP contribution in [-0.4, -0.2) is 41.6 Å². The quantitative estimate of drug-likeness (QED) is 0.700. The van der Waals surface area contributed by atoms with Crippen LogP contribution in [0.4, 0.5) is 0 Å². The smallest absolute Gasteiger partial charge is 0.222 e. The number of carbonyl (C=O) groups is 1. The Labute approximate surface area is 128 Å². The fourth-order valence-corrected chi connectivity index (χ4v) is 2.57. The first kappa shape index (κ1) is 17.4. The Morgan fingerprint density at radius 2 is 2.15 bits per heavy atom. The third kappa shape index (κ3) is 7.20. The number of nitrogens with zero attached hydrogens (tertiary/aromatic N) is 1. The number of hydrogen-bond acceptors (Lipinski definition) is 3. The second kappa shape index (κ2) is 9.29. The van der Waals surface area contributed by atoms with Crippen molar-refractivity contribution in [1.29, 1.82) is 0 Å². The molecule has 0 spiro atoms. The molecule has 1 atom stereocenters. The topological polar surface area (TPSA) is 55.6 Å². The van der Waals surface area contributed by atoms with Gasteiger partial charge in [-0.05, 0) is 31.6 Å². The zero-order valence-electron chi connectivity index (χ0n) is 12.8. The van der Waals surface area contributed by atoms with E-state index >= 15 is 0 Å². The van der Waals surface area contributed by atoms with Crippen LogP contribution in [0.1, 0.15) is 52.4 Å². The van der Waals surface area contributed by atoms with Gasteiger partial charge < -0.3 is 15.4 Å².